The van der Waals surface area contributed by atoms with Crippen LogP contribution >= 0.6 is 15.9 Å². The van der Waals surface area contributed by atoms with E-state index in [1.165, 1.54) is 18.2 Å². The number of amides is 1. The highest BCUT2D eigenvalue weighted by Gasteiger charge is 2.26. The molecular weight excluding hydrogens is 345 g/mol. The minimum Gasteiger partial charge on any atom is -0.352 e. The number of nitrogens with zero attached hydrogens (tertiary/aromatic N) is 1. The lowest BCUT2D eigenvalue weighted by Gasteiger charge is -2.08. The van der Waals surface area contributed by atoms with E-state index in [2.05, 4.69) is 21.2 Å². The maximum Gasteiger partial charge on any atom is 0.389 e. The third-order valence-electron chi connectivity index (χ3n) is 2.34. The highest BCUT2D eigenvalue weighted by atomic mass is 79.9. The average Bonchev–Trinajstić information content (AvgIpc) is 2.33. The molecule has 0 aliphatic heterocycles. The molecule has 0 radical (unpaired) electrons. The highest BCUT2D eigenvalue weighted by molar-refractivity contribution is 9.10. The number of carbonyl (C=O) groups is 1. The van der Waals surface area contributed by atoms with Crippen LogP contribution in [0.3, 0.4) is 0 Å². The second-order valence-electron chi connectivity index (χ2n) is 3.87. The van der Waals surface area contributed by atoms with Crippen LogP contribution in [0.1, 0.15) is 23.2 Å². The van der Waals surface area contributed by atoms with Crippen LogP contribution in [0.15, 0.2) is 22.7 Å². The van der Waals surface area contributed by atoms with Crippen molar-refractivity contribution in [1.82, 2.24) is 5.32 Å². The zero-order valence-corrected chi connectivity index (χ0v) is 11.6. The number of benzene rings is 1. The van der Waals surface area contributed by atoms with Gasteiger partial charge in [0.15, 0.2) is 0 Å². The molecule has 0 aliphatic carbocycles. The predicted octanol–water partition coefficient (Wildman–Crippen LogP) is 3.43. The summed E-state index contributed by atoms with van der Waals surface area (Å²) in [5, 5.41) is 13.0. The molecule has 110 valence electrons. The van der Waals surface area contributed by atoms with Gasteiger partial charge in [0.2, 0.25) is 0 Å². The molecule has 0 unspecified atom stereocenters. The van der Waals surface area contributed by atoms with Crippen molar-refractivity contribution in [3.63, 3.8) is 0 Å². The van der Waals surface area contributed by atoms with Crippen LogP contribution in [-0.2, 0) is 0 Å². The Morgan fingerprint density at radius 3 is 2.60 bits per heavy atom. The molecule has 0 saturated heterocycles. The van der Waals surface area contributed by atoms with Gasteiger partial charge < -0.3 is 5.32 Å². The molecular formula is C11H10BrF3N2O3. The Morgan fingerprint density at radius 2 is 2.05 bits per heavy atom. The second-order valence-corrected chi connectivity index (χ2v) is 4.66. The second kappa shape index (κ2) is 6.69. The molecule has 20 heavy (non-hydrogen) atoms. The molecule has 1 aromatic rings. The van der Waals surface area contributed by atoms with Crippen LogP contribution in [0.25, 0.3) is 0 Å². The fourth-order valence-electron chi connectivity index (χ4n) is 1.42. The monoisotopic (exact) mass is 354 g/mol. The number of rotatable bonds is 5. The molecule has 0 bridgehead atoms. The first-order chi connectivity index (χ1) is 9.22. The summed E-state index contributed by atoms with van der Waals surface area (Å²) in [7, 11) is 0. The zero-order valence-electron chi connectivity index (χ0n) is 10.0. The third-order valence-corrected chi connectivity index (χ3v) is 3.18. The number of nitro benzene ring substituents is 1. The molecule has 0 aromatic heterocycles. The first kappa shape index (κ1) is 16.4. The van der Waals surface area contributed by atoms with Crippen LogP contribution in [0.5, 0.6) is 0 Å². The number of hydrogen-bond acceptors (Lipinski definition) is 3. The standard InChI is InChI=1S/C11H10BrF3N2O3/c12-9-7(3-1-4-8(9)17(19)20)10(18)16-6-2-5-11(13,14)15/h1,3-4H,2,5-6H2,(H,16,18). The molecule has 0 fully saturated rings. The van der Waals surface area contributed by atoms with Gasteiger partial charge in [-0.25, -0.2) is 0 Å². The molecule has 0 spiro atoms. The molecule has 5 nitrogen and oxygen atoms in total. The van der Waals surface area contributed by atoms with Gasteiger partial charge in [0.1, 0.15) is 4.47 Å². The fraction of sp³-hybridized carbons (Fsp3) is 0.364. The molecule has 1 rings (SSSR count). The summed E-state index contributed by atoms with van der Waals surface area (Å²) in [5.41, 5.74) is -0.279. The smallest absolute Gasteiger partial charge is 0.352 e. The van der Waals surface area contributed by atoms with Gasteiger partial charge >= 0.3 is 6.18 Å². The first-order valence-corrected chi connectivity index (χ1v) is 6.29. The van der Waals surface area contributed by atoms with Crippen molar-refractivity contribution in [3.05, 3.63) is 38.3 Å². The van der Waals surface area contributed by atoms with Crippen molar-refractivity contribution in [2.45, 2.75) is 19.0 Å². The van der Waals surface area contributed by atoms with Crippen LogP contribution in [0, 0.1) is 10.1 Å². The van der Waals surface area contributed by atoms with Crippen LogP contribution < -0.4 is 5.32 Å². The lowest BCUT2D eigenvalue weighted by molar-refractivity contribution is -0.385. The number of nitrogens with one attached hydrogen (secondary N) is 1. The molecule has 1 N–H and O–H groups in total. The van der Waals surface area contributed by atoms with E-state index in [0.29, 0.717) is 0 Å². The van der Waals surface area contributed by atoms with Crippen molar-refractivity contribution in [2.24, 2.45) is 0 Å². The van der Waals surface area contributed by atoms with E-state index >= 15 is 0 Å². The van der Waals surface area contributed by atoms with Gasteiger partial charge in [0.25, 0.3) is 11.6 Å². The van der Waals surface area contributed by atoms with Gasteiger partial charge in [-0.3, -0.25) is 14.9 Å². The summed E-state index contributed by atoms with van der Waals surface area (Å²) in [5.74, 6) is -0.664. The van der Waals surface area contributed by atoms with Crippen molar-refractivity contribution < 1.29 is 22.9 Å². The summed E-state index contributed by atoms with van der Waals surface area (Å²) in [6, 6.07) is 3.88. The van der Waals surface area contributed by atoms with Gasteiger partial charge in [-0.2, -0.15) is 13.2 Å². The largest absolute Gasteiger partial charge is 0.389 e. The van der Waals surface area contributed by atoms with Crippen LogP contribution in [0.2, 0.25) is 0 Å². The van der Waals surface area contributed by atoms with Crippen molar-refractivity contribution in [1.29, 1.82) is 0 Å². The Labute approximate surface area is 120 Å². The first-order valence-electron chi connectivity index (χ1n) is 5.50. The maximum atomic E-state index is 11.9. The molecule has 9 heteroatoms. The highest BCUT2D eigenvalue weighted by Crippen LogP contribution is 2.28. The van der Waals surface area contributed by atoms with Gasteiger partial charge in [-0.15, -0.1) is 0 Å². The SMILES string of the molecule is O=C(NCCCC(F)(F)F)c1cccc([N+](=O)[O-])c1Br. The molecule has 0 atom stereocenters. The molecule has 0 aliphatic rings. The Balaban J connectivity index is 2.65. The normalized spacial score (nSPS) is 11.2. The number of halogens is 4. The number of alkyl halides is 3. The summed E-state index contributed by atoms with van der Waals surface area (Å²) in [6.45, 7) is -0.159. The summed E-state index contributed by atoms with van der Waals surface area (Å²) in [6.07, 6.45) is -5.51. The van der Waals surface area contributed by atoms with Crippen molar-refractivity contribution >= 4 is 27.5 Å². The molecule has 1 amide bonds. The van der Waals surface area contributed by atoms with Crippen molar-refractivity contribution in [3.8, 4) is 0 Å². The quantitative estimate of drug-likeness (QED) is 0.500. The Bertz CT molecular complexity index is 520. The lowest BCUT2D eigenvalue weighted by atomic mass is 10.2. The summed E-state index contributed by atoms with van der Waals surface area (Å²) < 4.78 is 35.7. The number of hydrogen-bond donors (Lipinski definition) is 1. The average molecular weight is 355 g/mol. The lowest BCUT2D eigenvalue weighted by Crippen LogP contribution is -2.26. The van der Waals surface area contributed by atoms with Crippen molar-refractivity contribution in [2.75, 3.05) is 6.54 Å². The van der Waals surface area contributed by atoms with Crippen LogP contribution in [0.4, 0.5) is 18.9 Å². The van der Waals surface area contributed by atoms with E-state index in [1.807, 2.05) is 0 Å². The minimum atomic E-state index is -4.27. The predicted molar refractivity (Wildman–Crippen MR) is 68.4 cm³/mol. The fourth-order valence-corrected chi connectivity index (χ4v) is 2.01. The van der Waals surface area contributed by atoms with Crippen LogP contribution in [-0.4, -0.2) is 23.6 Å². The van der Waals surface area contributed by atoms with E-state index in [-0.39, 0.29) is 28.7 Å². The number of carbonyl (C=O) groups excluding carboxylic acids is 1. The number of nitro groups is 1. The Hall–Kier alpha value is -1.64. The van der Waals surface area contributed by atoms with Gasteiger partial charge in [-0.1, -0.05) is 6.07 Å². The van der Waals surface area contributed by atoms with E-state index in [9.17, 15) is 28.1 Å². The maximum absolute atomic E-state index is 11.9. The Kier molecular flexibility index (Phi) is 5.49. The van der Waals surface area contributed by atoms with Gasteiger partial charge in [-0.05, 0) is 28.4 Å². The summed E-state index contributed by atoms with van der Waals surface area (Å²) >= 11 is 2.94. The molecule has 0 saturated carbocycles. The zero-order chi connectivity index (χ0) is 15.3. The topological polar surface area (TPSA) is 72.2 Å². The van der Waals surface area contributed by atoms with E-state index in [4.69, 9.17) is 0 Å². The minimum absolute atomic E-state index is 0.00155. The Morgan fingerprint density at radius 1 is 1.40 bits per heavy atom. The summed E-state index contributed by atoms with van der Waals surface area (Å²) in [4.78, 5) is 21.7. The third kappa shape index (κ3) is 4.80. The molecule has 1 aromatic carbocycles. The molecule has 0 heterocycles. The van der Waals surface area contributed by atoms with E-state index in [0.717, 1.165) is 0 Å². The van der Waals surface area contributed by atoms with Gasteiger partial charge in [0.05, 0.1) is 10.5 Å². The van der Waals surface area contributed by atoms with E-state index in [1.54, 1.807) is 0 Å². The van der Waals surface area contributed by atoms with E-state index < -0.39 is 23.4 Å². The van der Waals surface area contributed by atoms with Gasteiger partial charge in [0, 0.05) is 19.0 Å².